The summed E-state index contributed by atoms with van der Waals surface area (Å²) >= 11 is 0. The Kier molecular flexibility index (Phi) is 7.02. The van der Waals surface area contributed by atoms with Crippen LogP contribution in [0.2, 0.25) is 0 Å². The zero-order chi connectivity index (χ0) is 23.9. The van der Waals surface area contributed by atoms with E-state index in [2.05, 4.69) is 15.6 Å². The van der Waals surface area contributed by atoms with E-state index < -0.39 is 12.1 Å². The lowest BCUT2D eigenvalue weighted by Gasteiger charge is -2.25. The number of hydrogen-bond acceptors (Lipinski definition) is 6. The molecule has 0 unspecified atom stereocenters. The molecule has 0 radical (unpaired) electrons. The smallest absolute Gasteiger partial charge is 0.321 e. The summed E-state index contributed by atoms with van der Waals surface area (Å²) in [5.74, 6) is 1.10. The third-order valence-electron chi connectivity index (χ3n) is 5.49. The van der Waals surface area contributed by atoms with Gasteiger partial charge in [-0.25, -0.2) is 4.79 Å². The van der Waals surface area contributed by atoms with Crippen molar-refractivity contribution in [2.75, 3.05) is 13.7 Å². The van der Waals surface area contributed by atoms with E-state index >= 15 is 0 Å². The van der Waals surface area contributed by atoms with Crippen LogP contribution in [0.15, 0.2) is 66.9 Å². The monoisotopic (exact) mass is 460 g/mol. The molecule has 9 heteroatoms. The van der Waals surface area contributed by atoms with Crippen LogP contribution in [0.1, 0.15) is 33.2 Å². The summed E-state index contributed by atoms with van der Waals surface area (Å²) in [6.07, 6.45) is 2.01. The fraction of sp³-hybridized carbons (Fsp3) is 0.200. The highest BCUT2D eigenvalue weighted by Crippen LogP contribution is 2.29. The number of fused-ring (bicyclic) bond motifs is 1. The molecule has 0 saturated heterocycles. The molecule has 0 spiro atoms. The van der Waals surface area contributed by atoms with Crippen LogP contribution in [0.25, 0.3) is 0 Å². The molecule has 0 fully saturated rings. The van der Waals surface area contributed by atoms with Gasteiger partial charge in [0.05, 0.1) is 18.8 Å². The lowest BCUT2D eigenvalue weighted by Crippen LogP contribution is -2.42. The number of nitrogens with one attached hydrogen (secondary N) is 2. The Morgan fingerprint density at radius 2 is 1.94 bits per heavy atom. The molecule has 1 aromatic heterocycles. The molecule has 34 heavy (non-hydrogen) atoms. The first kappa shape index (κ1) is 22.8. The van der Waals surface area contributed by atoms with E-state index in [-0.39, 0.29) is 12.5 Å². The lowest BCUT2D eigenvalue weighted by molar-refractivity contribution is -0.108. The van der Waals surface area contributed by atoms with Gasteiger partial charge in [0.1, 0.15) is 18.1 Å². The van der Waals surface area contributed by atoms with Crippen LogP contribution in [0, 0.1) is 0 Å². The number of nitrogens with zero attached hydrogens (tertiary/aromatic N) is 2. The van der Waals surface area contributed by atoms with Crippen LogP contribution < -0.4 is 20.1 Å². The minimum Gasteiger partial charge on any atom is -0.497 e. The van der Waals surface area contributed by atoms with Crippen LogP contribution in [0.3, 0.4) is 0 Å². The second-order valence-electron chi connectivity index (χ2n) is 7.68. The Morgan fingerprint density at radius 1 is 1.15 bits per heavy atom. The second kappa shape index (κ2) is 10.5. The summed E-state index contributed by atoms with van der Waals surface area (Å²) in [7, 11) is 1.55. The Hall–Kier alpha value is -4.40. The number of imide groups is 1. The summed E-state index contributed by atoms with van der Waals surface area (Å²) in [6.45, 7) is 0.959. The molecular weight excluding hydrogens is 436 g/mol. The van der Waals surface area contributed by atoms with Crippen molar-refractivity contribution >= 4 is 18.3 Å². The van der Waals surface area contributed by atoms with Crippen molar-refractivity contribution < 1.29 is 23.9 Å². The van der Waals surface area contributed by atoms with Gasteiger partial charge in [-0.2, -0.15) is 0 Å². The first-order chi connectivity index (χ1) is 16.6. The van der Waals surface area contributed by atoms with Crippen molar-refractivity contribution in [1.29, 1.82) is 0 Å². The average Bonchev–Trinajstić information content (AvgIpc) is 3.17. The molecule has 0 aliphatic carbocycles. The highest BCUT2D eigenvalue weighted by atomic mass is 16.5. The highest BCUT2D eigenvalue weighted by Gasteiger charge is 2.30. The van der Waals surface area contributed by atoms with E-state index in [1.807, 2.05) is 42.5 Å². The number of amides is 4. The van der Waals surface area contributed by atoms with Crippen molar-refractivity contribution in [3.8, 4) is 11.5 Å². The van der Waals surface area contributed by atoms with Gasteiger partial charge in [0.2, 0.25) is 6.41 Å². The molecule has 2 aromatic carbocycles. The Morgan fingerprint density at radius 3 is 2.65 bits per heavy atom. The molecule has 2 N–H and O–H groups in total. The predicted molar refractivity (Wildman–Crippen MR) is 123 cm³/mol. The average molecular weight is 460 g/mol. The van der Waals surface area contributed by atoms with Crippen molar-refractivity contribution in [2.45, 2.75) is 19.2 Å². The standard InChI is InChI=1S/C25H24N4O5/c1-33-21-10-7-18-13-29(24(31)22(18)12-21)14-23(28-25(32)27-16-30)17-5-8-20(9-6-17)34-15-19-4-2-3-11-26-19/h2-12,16,23H,13-15H2,1H3,(H2,27,28,30,32)/t23-/m0/s1. The quantitative estimate of drug-likeness (QED) is 0.475. The number of rotatable bonds is 9. The maximum Gasteiger partial charge on any atom is 0.321 e. The van der Waals surface area contributed by atoms with Crippen molar-refractivity contribution in [2.24, 2.45) is 0 Å². The maximum absolute atomic E-state index is 13.0. The Labute approximate surface area is 196 Å². The highest BCUT2D eigenvalue weighted by molar-refractivity contribution is 5.98. The van der Waals surface area contributed by atoms with Crippen molar-refractivity contribution in [1.82, 2.24) is 20.5 Å². The van der Waals surface area contributed by atoms with Crippen LogP contribution in [-0.2, 0) is 17.9 Å². The summed E-state index contributed by atoms with van der Waals surface area (Å²) in [5, 5.41) is 4.84. The molecule has 174 valence electrons. The van der Waals surface area contributed by atoms with Gasteiger partial charge in [-0.05, 0) is 47.5 Å². The zero-order valence-corrected chi connectivity index (χ0v) is 18.6. The largest absolute Gasteiger partial charge is 0.497 e. The topological polar surface area (TPSA) is 110 Å². The van der Waals surface area contributed by atoms with Crippen molar-refractivity contribution in [3.05, 3.63) is 89.2 Å². The summed E-state index contributed by atoms with van der Waals surface area (Å²) in [5.41, 5.74) is 3.03. The van der Waals surface area contributed by atoms with E-state index in [9.17, 15) is 14.4 Å². The van der Waals surface area contributed by atoms with E-state index in [0.717, 1.165) is 16.8 Å². The number of urea groups is 1. The minimum absolute atomic E-state index is 0.146. The molecule has 0 saturated carbocycles. The van der Waals surface area contributed by atoms with E-state index in [4.69, 9.17) is 9.47 Å². The van der Waals surface area contributed by atoms with Gasteiger partial charge in [0, 0.05) is 24.8 Å². The molecule has 0 bridgehead atoms. The number of carbonyl (C=O) groups is 3. The first-order valence-electron chi connectivity index (χ1n) is 10.7. The van der Waals surface area contributed by atoms with Gasteiger partial charge >= 0.3 is 6.03 Å². The first-order valence-corrected chi connectivity index (χ1v) is 10.7. The SMILES string of the molecule is COc1ccc2c(c1)C(=O)N(C[C@H](NC(=O)NC=O)c1ccc(OCc3ccccn3)cc1)C2. The van der Waals surface area contributed by atoms with Gasteiger partial charge in [-0.1, -0.05) is 24.3 Å². The molecular formula is C25H24N4O5. The molecule has 3 aromatic rings. The number of aromatic nitrogens is 1. The van der Waals surface area contributed by atoms with Crippen molar-refractivity contribution in [3.63, 3.8) is 0 Å². The Bertz CT molecular complexity index is 1170. The van der Waals surface area contributed by atoms with Gasteiger partial charge in [-0.3, -0.25) is 19.9 Å². The molecule has 4 rings (SSSR count). The zero-order valence-electron chi connectivity index (χ0n) is 18.6. The molecule has 1 aliphatic rings. The predicted octanol–water partition coefficient (Wildman–Crippen LogP) is 2.82. The van der Waals surface area contributed by atoms with Crippen LogP contribution in [0.5, 0.6) is 11.5 Å². The second-order valence-corrected chi connectivity index (χ2v) is 7.68. The summed E-state index contributed by atoms with van der Waals surface area (Å²) < 4.78 is 11.0. The molecule has 2 heterocycles. The van der Waals surface area contributed by atoms with Gasteiger partial charge in [0.15, 0.2) is 0 Å². The number of benzene rings is 2. The Balaban J connectivity index is 1.48. The fourth-order valence-corrected chi connectivity index (χ4v) is 3.76. The van der Waals surface area contributed by atoms with Gasteiger partial charge < -0.3 is 19.7 Å². The number of carbonyl (C=O) groups excluding carboxylic acids is 3. The lowest BCUT2D eigenvalue weighted by atomic mass is 10.1. The minimum atomic E-state index is -0.652. The third-order valence-corrected chi connectivity index (χ3v) is 5.49. The summed E-state index contributed by atoms with van der Waals surface area (Å²) in [6, 6.07) is 17.0. The van der Waals surface area contributed by atoms with E-state index in [0.29, 0.717) is 36.6 Å². The van der Waals surface area contributed by atoms with Gasteiger partial charge in [0.25, 0.3) is 5.91 Å². The molecule has 1 atom stereocenters. The molecule has 1 aliphatic heterocycles. The van der Waals surface area contributed by atoms with Crippen LogP contribution in [0.4, 0.5) is 4.79 Å². The normalized spacial score (nSPS) is 13.1. The van der Waals surface area contributed by atoms with E-state index in [1.165, 1.54) is 0 Å². The van der Waals surface area contributed by atoms with E-state index in [1.54, 1.807) is 36.4 Å². The number of methoxy groups -OCH3 is 1. The fourth-order valence-electron chi connectivity index (χ4n) is 3.76. The third kappa shape index (κ3) is 5.32. The molecule has 9 nitrogen and oxygen atoms in total. The maximum atomic E-state index is 13.0. The number of ether oxygens (including phenoxy) is 2. The van der Waals surface area contributed by atoms with Crippen LogP contribution >= 0.6 is 0 Å². The summed E-state index contributed by atoms with van der Waals surface area (Å²) in [4.78, 5) is 41.7. The molecule has 4 amide bonds. The number of hydrogen-bond donors (Lipinski definition) is 2. The number of pyridine rings is 1. The van der Waals surface area contributed by atoms with Gasteiger partial charge in [-0.15, -0.1) is 0 Å². The van der Waals surface area contributed by atoms with Crippen LogP contribution in [-0.4, -0.2) is 41.9 Å².